The molecule has 0 aromatic heterocycles. The first kappa shape index (κ1) is 12.6. The molecule has 1 amide bonds. The summed E-state index contributed by atoms with van der Waals surface area (Å²) < 4.78 is 5.62. The second-order valence-electron chi connectivity index (χ2n) is 4.81. The first-order valence-corrected chi connectivity index (χ1v) is 5.33. The normalized spacial score (nSPS) is 11.2. The third-order valence-electron chi connectivity index (χ3n) is 2.59. The van der Waals surface area contributed by atoms with Crippen LogP contribution < -0.4 is 10.5 Å². The van der Waals surface area contributed by atoms with E-state index in [0.717, 1.165) is 11.3 Å². The van der Waals surface area contributed by atoms with Gasteiger partial charge in [0.2, 0.25) is 5.91 Å². The zero-order valence-electron chi connectivity index (χ0n) is 10.3. The predicted octanol–water partition coefficient (Wildman–Crippen LogP) is 2.19. The lowest BCUT2D eigenvalue weighted by Gasteiger charge is -2.21. The number of nitrogens with two attached hydrogens (primary N) is 1. The molecule has 1 rings (SSSR count). The second kappa shape index (κ2) is 4.56. The van der Waals surface area contributed by atoms with Crippen molar-refractivity contribution >= 4 is 5.91 Å². The highest BCUT2D eigenvalue weighted by molar-refractivity contribution is 5.80. The van der Waals surface area contributed by atoms with Gasteiger partial charge >= 0.3 is 0 Å². The first-order valence-electron chi connectivity index (χ1n) is 5.33. The van der Waals surface area contributed by atoms with Crippen LogP contribution in [0.4, 0.5) is 0 Å². The molecule has 88 valence electrons. The second-order valence-corrected chi connectivity index (χ2v) is 4.81. The number of hydrogen-bond donors (Lipinski definition) is 1. The summed E-state index contributed by atoms with van der Waals surface area (Å²) >= 11 is 0. The van der Waals surface area contributed by atoms with E-state index in [-0.39, 0.29) is 5.91 Å². The van der Waals surface area contributed by atoms with E-state index < -0.39 is 5.41 Å². The molecule has 0 aliphatic carbocycles. The van der Waals surface area contributed by atoms with Crippen molar-refractivity contribution < 1.29 is 9.53 Å². The van der Waals surface area contributed by atoms with Crippen LogP contribution in [0, 0.1) is 19.3 Å². The average Bonchev–Trinajstić information content (AvgIpc) is 2.16. The van der Waals surface area contributed by atoms with Crippen LogP contribution in [0.1, 0.15) is 25.0 Å². The van der Waals surface area contributed by atoms with E-state index >= 15 is 0 Å². The number of aryl methyl sites for hydroxylation is 2. The molecule has 0 aliphatic rings. The Bertz CT molecular complexity index is 397. The molecule has 16 heavy (non-hydrogen) atoms. The van der Waals surface area contributed by atoms with Gasteiger partial charge in [0.05, 0.1) is 5.41 Å². The molecule has 0 spiro atoms. The van der Waals surface area contributed by atoms with Gasteiger partial charge in [-0.05, 0) is 39.3 Å². The molecular formula is C13H19NO2. The topological polar surface area (TPSA) is 52.3 Å². The summed E-state index contributed by atoms with van der Waals surface area (Å²) in [5.74, 6) is 0.456. The van der Waals surface area contributed by atoms with E-state index in [4.69, 9.17) is 10.5 Å². The maximum atomic E-state index is 11.1. The maximum Gasteiger partial charge on any atom is 0.226 e. The highest BCUT2D eigenvalue weighted by Gasteiger charge is 2.26. The van der Waals surface area contributed by atoms with E-state index in [9.17, 15) is 4.79 Å². The molecule has 0 aliphatic heterocycles. The fraction of sp³-hybridized carbons (Fsp3) is 0.462. The van der Waals surface area contributed by atoms with Crippen LogP contribution in [-0.4, -0.2) is 12.5 Å². The van der Waals surface area contributed by atoms with Crippen LogP contribution in [-0.2, 0) is 4.79 Å². The molecule has 0 radical (unpaired) electrons. The lowest BCUT2D eigenvalue weighted by atomic mass is 9.94. The van der Waals surface area contributed by atoms with Gasteiger partial charge < -0.3 is 10.5 Å². The summed E-state index contributed by atoms with van der Waals surface area (Å²) in [6.07, 6.45) is 0. The Morgan fingerprint density at radius 1 is 1.38 bits per heavy atom. The molecule has 0 bridgehead atoms. The molecule has 0 fully saturated rings. The lowest BCUT2D eigenvalue weighted by Crippen LogP contribution is -2.36. The van der Waals surface area contributed by atoms with Crippen molar-refractivity contribution in [2.75, 3.05) is 6.61 Å². The summed E-state index contributed by atoms with van der Waals surface area (Å²) in [6, 6.07) is 5.95. The summed E-state index contributed by atoms with van der Waals surface area (Å²) in [6.45, 7) is 7.87. The quantitative estimate of drug-likeness (QED) is 0.847. The molecule has 3 heteroatoms. The molecule has 2 N–H and O–H groups in total. The van der Waals surface area contributed by atoms with Crippen molar-refractivity contribution in [1.29, 1.82) is 0 Å². The smallest absolute Gasteiger partial charge is 0.226 e. The zero-order chi connectivity index (χ0) is 12.3. The van der Waals surface area contributed by atoms with Crippen LogP contribution in [0.5, 0.6) is 5.75 Å². The van der Waals surface area contributed by atoms with E-state index in [1.165, 1.54) is 5.56 Å². The molecular weight excluding hydrogens is 202 g/mol. The highest BCUT2D eigenvalue weighted by atomic mass is 16.5. The number of amides is 1. The lowest BCUT2D eigenvalue weighted by molar-refractivity contribution is -0.127. The average molecular weight is 221 g/mol. The number of carbonyl (C=O) groups excluding carboxylic acids is 1. The van der Waals surface area contributed by atoms with Gasteiger partial charge in [-0.2, -0.15) is 0 Å². The van der Waals surface area contributed by atoms with Crippen molar-refractivity contribution in [2.24, 2.45) is 11.1 Å². The molecule has 1 aromatic rings. The van der Waals surface area contributed by atoms with E-state index in [2.05, 4.69) is 0 Å². The van der Waals surface area contributed by atoms with Crippen molar-refractivity contribution in [3.05, 3.63) is 29.3 Å². The van der Waals surface area contributed by atoms with Gasteiger partial charge in [-0.1, -0.05) is 17.7 Å². The van der Waals surface area contributed by atoms with Crippen molar-refractivity contribution in [3.8, 4) is 5.75 Å². The Kier molecular flexibility index (Phi) is 3.58. The van der Waals surface area contributed by atoms with Crippen LogP contribution in [0.25, 0.3) is 0 Å². The minimum atomic E-state index is -0.642. The molecule has 1 aromatic carbocycles. The minimum Gasteiger partial charge on any atom is -0.492 e. The first-order chi connectivity index (χ1) is 7.33. The Balaban J connectivity index is 2.72. The number of hydrogen-bond acceptors (Lipinski definition) is 2. The van der Waals surface area contributed by atoms with Gasteiger partial charge in [-0.3, -0.25) is 4.79 Å². The molecule has 0 atom stereocenters. The predicted molar refractivity (Wildman–Crippen MR) is 64.4 cm³/mol. The largest absolute Gasteiger partial charge is 0.492 e. The van der Waals surface area contributed by atoms with Gasteiger partial charge in [0.15, 0.2) is 0 Å². The SMILES string of the molecule is Cc1ccc(OCC(C)(C)C(N)=O)c(C)c1. The van der Waals surface area contributed by atoms with Gasteiger partial charge in [-0.25, -0.2) is 0 Å². The Morgan fingerprint density at radius 2 is 2.00 bits per heavy atom. The summed E-state index contributed by atoms with van der Waals surface area (Å²) in [5, 5.41) is 0. The van der Waals surface area contributed by atoms with Gasteiger partial charge in [-0.15, -0.1) is 0 Å². The molecule has 0 saturated carbocycles. The molecule has 0 unspecified atom stereocenters. The van der Waals surface area contributed by atoms with Crippen molar-refractivity contribution in [2.45, 2.75) is 27.7 Å². The van der Waals surface area contributed by atoms with Gasteiger partial charge in [0.25, 0.3) is 0 Å². The minimum absolute atomic E-state index is 0.298. The summed E-state index contributed by atoms with van der Waals surface area (Å²) in [5.41, 5.74) is 6.90. The Hall–Kier alpha value is -1.51. The summed E-state index contributed by atoms with van der Waals surface area (Å²) in [4.78, 5) is 11.1. The van der Waals surface area contributed by atoms with E-state index in [1.54, 1.807) is 13.8 Å². The third kappa shape index (κ3) is 2.99. The summed E-state index contributed by atoms with van der Waals surface area (Å²) in [7, 11) is 0. The van der Waals surface area contributed by atoms with Crippen LogP contribution in [0.3, 0.4) is 0 Å². The molecule has 3 nitrogen and oxygen atoms in total. The fourth-order valence-electron chi connectivity index (χ4n) is 1.29. The van der Waals surface area contributed by atoms with Crippen molar-refractivity contribution in [3.63, 3.8) is 0 Å². The molecule has 0 saturated heterocycles. The molecule has 0 heterocycles. The Labute approximate surface area is 96.6 Å². The highest BCUT2D eigenvalue weighted by Crippen LogP contribution is 2.22. The maximum absolute atomic E-state index is 11.1. The van der Waals surface area contributed by atoms with Crippen LogP contribution in [0.2, 0.25) is 0 Å². The standard InChI is InChI=1S/C13H19NO2/c1-9-5-6-11(10(2)7-9)16-8-13(3,4)12(14)15/h5-7H,8H2,1-4H3,(H2,14,15). The van der Waals surface area contributed by atoms with Gasteiger partial charge in [0, 0.05) is 0 Å². The van der Waals surface area contributed by atoms with Crippen molar-refractivity contribution in [1.82, 2.24) is 0 Å². The van der Waals surface area contributed by atoms with Gasteiger partial charge in [0.1, 0.15) is 12.4 Å². The fourth-order valence-corrected chi connectivity index (χ4v) is 1.29. The zero-order valence-corrected chi connectivity index (χ0v) is 10.3. The Morgan fingerprint density at radius 3 is 2.50 bits per heavy atom. The number of carbonyl (C=O) groups is 1. The number of primary amides is 1. The van der Waals surface area contributed by atoms with E-state index in [1.807, 2.05) is 32.0 Å². The van der Waals surface area contributed by atoms with E-state index in [0.29, 0.717) is 6.61 Å². The number of benzene rings is 1. The number of rotatable bonds is 4. The third-order valence-corrected chi connectivity index (χ3v) is 2.59. The van der Waals surface area contributed by atoms with Crippen LogP contribution in [0.15, 0.2) is 18.2 Å². The van der Waals surface area contributed by atoms with Crippen LogP contribution >= 0.6 is 0 Å². The monoisotopic (exact) mass is 221 g/mol. The number of ether oxygens (including phenoxy) is 1.